The Morgan fingerprint density at radius 2 is 1.09 bits per heavy atom. The highest BCUT2D eigenvalue weighted by Gasteiger charge is 2.44. The van der Waals surface area contributed by atoms with Crippen molar-refractivity contribution in [3.05, 3.63) is 71.8 Å². The molecule has 236 valence electrons. The SMILES string of the molecule is C.CS(=O)(=O)OC1C[C@@H]2CN(C(=O)OCc3ccccc3)C[C@@H]2C1.O=C(OCc1ccccc1)N1C[C@H]2CC(O)C[C@H]2C1. The summed E-state index contributed by atoms with van der Waals surface area (Å²) in [5, 5.41) is 9.58. The van der Waals surface area contributed by atoms with Crippen LogP contribution in [-0.2, 0) is 37.0 Å². The summed E-state index contributed by atoms with van der Waals surface area (Å²) in [6, 6.07) is 19.3. The van der Waals surface area contributed by atoms with Gasteiger partial charge in [-0.3, -0.25) is 4.18 Å². The number of carbonyl (C=O) groups is 2. The van der Waals surface area contributed by atoms with Crippen LogP contribution in [0.25, 0.3) is 0 Å². The molecule has 4 aliphatic rings. The number of benzene rings is 2. The lowest BCUT2D eigenvalue weighted by Gasteiger charge is -2.18. The van der Waals surface area contributed by atoms with Crippen LogP contribution in [0.3, 0.4) is 0 Å². The van der Waals surface area contributed by atoms with Crippen LogP contribution < -0.4 is 0 Å². The van der Waals surface area contributed by atoms with E-state index in [9.17, 15) is 23.1 Å². The lowest BCUT2D eigenvalue weighted by molar-refractivity contribution is 0.0971. The van der Waals surface area contributed by atoms with E-state index < -0.39 is 10.1 Å². The van der Waals surface area contributed by atoms with Gasteiger partial charge in [-0.15, -0.1) is 0 Å². The van der Waals surface area contributed by atoms with Gasteiger partial charge in [0.1, 0.15) is 13.2 Å². The van der Waals surface area contributed by atoms with Crippen LogP contribution >= 0.6 is 0 Å². The van der Waals surface area contributed by atoms with E-state index in [4.69, 9.17) is 13.7 Å². The molecule has 2 aliphatic heterocycles. The van der Waals surface area contributed by atoms with Gasteiger partial charge in [-0.2, -0.15) is 8.42 Å². The summed E-state index contributed by atoms with van der Waals surface area (Å²) in [7, 11) is -3.41. The number of hydrogen-bond acceptors (Lipinski definition) is 8. The van der Waals surface area contributed by atoms with Crippen molar-refractivity contribution in [1.82, 2.24) is 9.80 Å². The number of aliphatic hydroxyl groups is 1. The lowest BCUT2D eigenvalue weighted by Crippen LogP contribution is -2.31. The monoisotopic (exact) mass is 616 g/mol. The minimum Gasteiger partial charge on any atom is -0.445 e. The highest BCUT2D eigenvalue weighted by atomic mass is 32.2. The van der Waals surface area contributed by atoms with E-state index in [2.05, 4.69) is 0 Å². The minimum absolute atomic E-state index is 0. The molecule has 2 aromatic rings. The molecular formula is C32H44N2O8S. The molecule has 43 heavy (non-hydrogen) atoms. The van der Waals surface area contributed by atoms with Crippen LogP contribution in [-0.4, -0.2) is 80.2 Å². The first-order valence-electron chi connectivity index (χ1n) is 14.6. The number of hydrogen-bond donors (Lipinski definition) is 1. The van der Waals surface area contributed by atoms with Gasteiger partial charge in [0.2, 0.25) is 0 Å². The third-order valence-electron chi connectivity index (χ3n) is 8.67. The van der Waals surface area contributed by atoms with Crippen molar-refractivity contribution in [2.45, 2.75) is 58.5 Å². The summed E-state index contributed by atoms with van der Waals surface area (Å²) < 4.78 is 38.1. The summed E-state index contributed by atoms with van der Waals surface area (Å²) in [6.07, 6.45) is 3.14. The van der Waals surface area contributed by atoms with Gasteiger partial charge in [-0.25, -0.2) is 9.59 Å². The lowest BCUT2D eigenvalue weighted by atomic mass is 10.0. The summed E-state index contributed by atoms with van der Waals surface area (Å²) in [5.41, 5.74) is 1.97. The van der Waals surface area contributed by atoms with Crippen molar-refractivity contribution < 1.29 is 36.8 Å². The predicted molar refractivity (Wildman–Crippen MR) is 161 cm³/mol. The molecule has 1 N–H and O–H groups in total. The van der Waals surface area contributed by atoms with E-state index in [1.807, 2.05) is 60.7 Å². The van der Waals surface area contributed by atoms with Gasteiger partial charge in [0.05, 0.1) is 18.5 Å². The molecule has 0 bridgehead atoms. The molecule has 6 rings (SSSR count). The maximum absolute atomic E-state index is 12.1. The normalized spacial score (nSPS) is 27.4. The molecule has 6 atom stereocenters. The Labute approximate surface area is 255 Å². The molecule has 2 saturated heterocycles. The number of carbonyl (C=O) groups excluding carboxylic acids is 2. The molecule has 2 amide bonds. The first kappa shape index (κ1) is 32.8. The van der Waals surface area contributed by atoms with Crippen LogP contribution in [0.1, 0.15) is 44.2 Å². The molecule has 2 saturated carbocycles. The van der Waals surface area contributed by atoms with Crippen LogP contribution in [0.5, 0.6) is 0 Å². The average Bonchev–Trinajstić information content (AvgIpc) is 3.71. The van der Waals surface area contributed by atoms with E-state index >= 15 is 0 Å². The largest absolute Gasteiger partial charge is 0.445 e. The highest BCUT2D eigenvalue weighted by molar-refractivity contribution is 7.86. The van der Waals surface area contributed by atoms with E-state index in [-0.39, 0.29) is 38.4 Å². The van der Waals surface area contributed by atoms with Crippen LogP contribution in [0.2, 0.25) is 0 Å². The third kappa shape index (κ3) is 9.17. The molecule has 2 heterocycles. The van der Waals surface area contributed by atoms with E-state index in [0.717, 1.165) is 43.3 Å². The first-order valence-corrected chi connectivity index (χ1v) is 16.4. The topological polar surface area (TPSA) is 123 Å². The van der Waals surface area contributed by atoms with E-state index in [1.165, 1.54) is 0 Å². The number of aliphatic hydroxyl groups excluding tert-OH is 1. The van der Waals surface area contributed by atoms with E-state index in [1.54, 1.807) is 9.80 Å². The van der Waals surface area contributed by atoms with Gasteiger partial charge in [0, 0.05) is 26.2 Å². The number of nitrogens with zero attached hydrogens (tertiary/aromatic N) is 2. The zero-order valence-corrected chi connectivity index (χ0v) is 24.7. The standard InChI is InChI=1S/C16H21NO5S.C15H19NO3.CH4/c1-23(19,20)22-15-7-13-9-17(10-14(13)8-15)16(18)21-11-12-5-3-2-4-6-12;17-14-6-12-8-16(9-13(12)7-14)15(18)19-10-11-4-2-1-3-5-11;/h2-6,13-15H,7-11H2,1H3;1-5,12-14,17H,6-10H2;1H4/t13-,14+,15?;12-,13+,14?;. The van der Waals surface area contributed by atoms with Crippen LogP contribution in [0, 0.1) is 23.7 Å². The molecule has 2 unspecified atom stereocenters. The van der Waals surface area contributed by atoms with Gasteiger partial charge in [-0.05, 0) is 60.5 Å². The summed E-state index contributed by atoms with van der Waals surface area (Å²) in [4.78, 5) is 27.6. The maximum Gasteiger partial charge on any atom is 0.410 e. The summed E-state index contributed by atoms with van der Waals surface area (Å²) in [5.74, 6) is 1.51. The van der Waals surface area contributed by atoms with Crippen molar-refractivity contribution in [2.75, 3.05) is 32.4 Å². The molecule has 4 fully saturated rings. The fraction of sp³-hybridized carbons (Fsp3) is 0.562. The molecule has 11 heteroatoms. The molecule has 0 spiro atoms. The Kier molecular flexibility index (Phi) is 11.1. The third-order valence-corrected chi connectivity index (χ3v) is 9.29. The number of fused-ring (bicyclic) bond motifs is 2. The molecule has 2 aromatic carbocycles. The zero-order valence-electron chi connectivity index (χ0n) is 23.9. The van der Waals surface area contributed by atoms with Crippen molar-refractivity contribution in [2.24, 2.45) is 23.7 Å². The second kappa shape index (κ2) is 14.5. The predicted octanol–water partition coefficient (Wildman–Crippen LogP) is 4.67. The van der Waals surface area contributed by atoms with Gasteiger partial charge >= 0.3 is 12.2 Å². The molecular weight excluding hydrogens is 572 g/mol. The average molecular weight is 617 g/mol. The van der Waals surface area contributed by atoms with Gasteiger partial charge in [0.15, 0.2) is 0 Å². The second-order valence-corrected chi connectivity index (χ2v) is 13.6. The minimum atomic E-state index is -3.41. The smallest absolute Gasteiger partial charge is 0.410 e. The molecule has 0 aromatic heterocycles. The number of amides is 2. The molecule has 2 aliphatic carbocycles. The fourth-order valence-electron chi connectivity index (χ4n) is 6.76. The Morgan fingerprint density at radius 1 is 0.721 bits per heavy atom. The van der Waals surface area contributed by atoms with Crippen molar-refractivity contribution in [1.29, 1.82) is 0 Å². The Morgan fingerprint density at radius 3 is 1.47 bits per heavy atom. The summed E-state index contributed by atoms with van der Waals surface area (Å²) >= 11 is 0. The Hall–Kier alpha value is -3.15. The van der Waals surface area contributed by atoms with E-state index in [0.29, 0.717) is 56.2 Å². The first-order chi connectivity index (χ1) is 20.1. The summed E-state index contributed by atoms with van der Waals surface area (Å²) in [6.45, 7) is 3.29. The van der Waals surface area contributed by atoms with Crippen LogP contribution in [0.4, 0.5) is 9.59 Å². The number of ether oxygens (including phenoxy) is 2. The van der Waals surface area contributed by atoms with Crippen molar-refractivity contribution in [3.8, 4) is 0 Å². The molecule has 10 nitrogen and oxygen atoms in total. The molecule has 0 radical (unpaired) electrons. The van der Waals surface area contributed by atoms with Gasteiger partial charge < -0.3 is 24.4 Å². The second-order valence-electron chi connectivity index (χ2n) is 11.9. The van der Waals surface area contributed by atoms with Crippen molar-refractivity contribution >= 4 is 22.3 Å². The zero-order chi connectivity index (χ0) is 29.7. The van der Waals surface area contributed by atoms with Gasteiger partial charge in [-0.1, -0.05) is 68.1 Å². The van der Waals surface area contributed by atoms with Gasteiger partial charge in [0.25, 0.3) is 10.1 Å². The number of likely N-dealkylation sites (tertiary alicyclic amines) is 2. The maximum atomic E-state index is 12.1. The highest BCUT2D eigenvalue weighted by Crippen LogP contribution is 2.40. The number of rotatable bonds is 6. The quantitative estimate of drug-likeness (QED) is 0.465. The fourth-order valence-corrected chi connectivity index (χ4v) is 7.41. The van der Waals surface area contributed by atoms with Crippen molar-refractivity contribution in [3.63, 3.8) is 0 Å². The van der Waals surface area contributed by atoms with Crippen LogP contribution in [0.15, 0.2) is 60.7 Å². The Balaban J connectivity index is 0.000000195. The Bertz CT molecular complexity index is 1280.